The molecule has 1 aromatic carbocycles. The predicted octanol–water partition coefficient (Wildman–Crippen LogP) is 0.894. The van der Waals surface area contributed by atoms with Gasteiger partial charge in [0.05, 0.1) is 12.7 Å². The van der Waals surface area contributed by atoms with Gasteiger partial charge in [-0.05, 0) is 17.7 Å². The van der Waals surface area contributed by atoms with Crippen molar-refractivity contribution >= 4 is 28.0 Å². The number of hydrogen-bond acceptors (Lipinski definition) is 4. The fourth-order valence-corrected chi connectivity index (χ4v) is 3.43. The lowest BCUT2D eigenvalue weighted by Gasteiger charge is -2.26. The summed E-state index contributed by atoms with van der Waals surface area (Å²) in [6, 6.07) is 5.89. The molecule has 104 valence electrons. The van der Waals surface area contributed by atoms with Crippen LogP contribution in [0.5, 0.6) is 5.75 Å². The number of methoxy groups -OCH3 is 1. The van der Waals surface area contributed by atoms with E-state index in [0.717, 1.165) is 42.3 Å². The minimum absolute atomic E-state index is 0.346. The van der Waals surface area contributed by atoms with Crippen molar-refractivity contribution in [2.24, 2.45) is 5.73 Å². The summed E-state index contributed by atoms with van der Waals surface area (Å²) < 4.78 is 16.6. The lowest BCUT2D eigenvalue weighted by molar-refractivity contribution is 0.291. The third-order valence-electron chi connectivity index (χ3n) is 3.21. The molecule has 4 nitrogen and oxygen atoms in total. The zero-order valence-corrected chi connectivity index (χ0v) is 12.6. The SMILES string of the molecule is COc1ccc(CN2CCS(=O)CC2)cc1C(N)=S. The molecular weight excluding hydrogens is 280 g/mol. The molecule has 0 spiro atoms. The summed E-state index contributed by atoms with van der Waals surface area (Å²) in [5.74, 6) is 2.23. The van der Waals surface area contributed by atoms with Crippen LogP contribution in [0.3, 0.4) is 0 Å². The molecule has 0 bridgehead atoms. The van der Waals surface area contributed by atoms with Crippen molar-refractivity contribution in [2.75, 3.05) is 31.7 Å². The minimum atomic E-state index is -0.638. The highest BCUT2D eigenvalue weighted by Gasteiger charge is 2.16. The number of rotatable bonds is 4. The van der Waals surface area contributed by atoms with Gasteiger partial charge in [0, 0.05) is 41.9 Å². The number of nitrogens with two attached hydrogens (primary N) is 1. The van der Waals surface area contributed by atoms with Gasteiger partial charge in [0.2, 0.25) is 0 Å². The Morgan fingerprint density at radius 1 is 1.47 bits per heavy atom. The normalized spacial score (nSPS) is 17.3. The van der Waals surface area contributed by atoms with Gasteiger partial charge in [-0.3, -0.25) is 9.11 Å². The van der Waals surface area contributed by atoms with E-state index in [2.05, 4.69) is 4.90 Å². The van der Waals surface area contributed by atoms with E-state index in [9.17, 15) is 4.21 Å². The van der Waals surface area contributed by atoms with Crippen molar-refractivity contribution in [1.29, 1.82) is 0 Å². The first kappa shape index (κ1) is 14.4. The highest BCUT2D eigenvalue weighted by atomic mass is 32.2. The van der Waals surface area contributed by atoms with Gasteiger partial charge < -0.3 is 10.5 Å². The van der Waals surface area contributed by atoms with E-state index in [1.165, 1.54) is 0 Å². The lowest BCUT2D eigenvalue weighted by Crippen LogP contribution is -2.37. The minimum Gasteiger partial charge on any atom is -0.496 e. The number of thiocarbonyl (C=S) groups is 1. The smallest absolute Gasteiger partial charge is 0.129 e. The van der Waals surface area contributed by atoms with Crippen molar-refractivity contribution in [1.82, 2.24) is 4.90 Å². The molecular formula is C13H18N2O2S2. The van der Waals surface area contributed by atoms with E-state index >= 15 is 0 Å². The molecule has 1 aromatic rings. The molecule has 1 saturated heterocycles. The first-order valence-electron chi connectivity index (χ1n) is 6.14. The molecule has 0 aromatic heterocycles. The van der Waals surface area contributed by atoms with Crippen LogP contribution in [-0.4, -0.2) is 45.8 Å². The summed E-state index contributed by atoms with van der Waals surface area (Å²) in [6.45, 7) is 2.58. The summed E-state index contributed by atoms with van der Waals surface area (Å²) in [5, 5.41) is 0. The largest absolute Gasteiger partial charge is 0.496 e. The van der Waals surface area contributed by atoms with Gasteiger partial charge >= 0.3 is 0 Å². The van der Waals surface area contributed by atoms with Crippen LogP contribution in [-0.2, 0) is 17.3 Å². The molecule has 19 heavy (non-hydrogen) atoms. The number of hydrogen-bond donors (Lipinski definition) is 1. The maximum atomic E-state index is 11.3. The second-order valence-electron chi connectivity index (χ2n) is 4.52. The lowest BCUT2D eigenvalue weighted by atomic mass is 10.1. The van der Waals surface area contributed by atoms with E-state index in [1.807, 2.05) is 18.2 Å². The second-order valence-corrected chi connectivity index (χ2v) is 6.66. The zero-order valence-electron chi connectivity index (χ0n) is 10.9. The van der Waals surface area contributed by atoms with Crippen LogP contribution in [0.2, 0.25) is 0 Å². The summed E-state index contributed by atoms with van der Waals surface area (Å²) in [7, 11) is 0.970. The third kappa shape index (κ3) is 3.75. The average Bonchev–Trinajstić information content (AvgIpc) is 2.41. The van der Waals surface area contributed by atoms with Crippen molar-refractivity contribution in [3.8, 4) is 5.75 Å². The molecule has 1 heterocycles. The number of benzene rings is 1. The molecule has 1 aliphatic rings. The standard InChI is InChI=1S/C13H18N2O2S2/c1-17-12-3-2-10(8-11(12)13(14)18)9-15-4-6-19(16)7-5-15/h2-3,8H,4-7,9H2,1H3,(H2,14,18). The quantitative estimate of drug-likeness (QED) is 0.837. The predicted molar refractivity (Wildman–Crippen MR) is 82.0 cm³/mol. The van der Waals surface area contributed by atoms with Crippen LogP contribution in [0, 0.1) is 0 Å². The van der Waals surface area contributed by atoms with Crippen LogP contribution in [0.1, 0.15) is 11.1 Å². The molecule has 0 aliphatic carbocycles. The summed E-state index contributed by atoms with van der Waals surface area (Å²) in [6.07, 6.45) is 0. The fraction of sp³-hybridized carbons (Fsp3) is 0.462. The molecule has 0 atom stereocenters. The Labute approximate surface area is 121 Å². The van der Waals surface area contributed by atoms with Crippen molar-refractivity contribution in [2.45, 2.75) is 6.54 Å². The maximum Gasteiger partial charge on any atom is 0.129 e. The zero-order chi connectivity index (χ0) is 13.8. The Balaban J connectivity index is 2.10. The summed E-state index contributed by atoms with van der Waals surface area (Å²) in [4.78, 5) is 2.64. The fourth-order valence-electron chi connectivity index (χ4n) is 2.14. The number of nitrogens with zero attached hydrogens (tertiary/aromatic N) is 1. The van der Waals surface area contributed by atoms with Gasteiger partial charge in [-0.1, -0.05) is 18.3 Å². The monoisotopic (exact) mass is 298 g/mol. The molecule has 1 aliphatic heterocycles. The van der Waals surface area contributed by atoms with Crippen LogP contribution in [0.15, 0.2) is 18.2 Å². The van der Waals surface area contributed by atoms with Gasteiger partial charge in [0.15, 0.2) is 0 Å². The highest BCUT2D eigenvalue weighted by Crippen LogP contribution is 2.21. The Bertz CT molecular complexity index is 495. The Morgan fingerprint density at radius 2 is 2.16 bits per heavy atom. The number of ether oxygens (including phenoxy) is 1. The van der Waals surface area contributed by atoms with Crippen LogP contribution >= 0.6 is 12.2 Å². The van der Waals surface area contributed by atoms with Crippen LogP contribution in [0.25, 0.3) is 0 Å². The molecule has 1 fully saturated rings. The first-order chi connectivity index (χ1) is 9.10. The van der Waals surface area contributed by atoms with Crippen molar-refractivity contribution < 1.29 is 8.95 Å². The molecule has 6 heteroatoms. The van der Waals surface area contributed by atoms with Gasteiger partial charge in [-0.15, -0.1) is 0 Å². The van der Waals surface area contributed by atoms with E-state index in [0.29, 0.717) is 10.7 Å². The van der Waals surface area contributed by atoms with Gasteiger partial charge in [-0.25, -0.2) is 0 Å². The molecule has 2 N–H and O–H groups in total. The van der Waals surface area contributed by atoms with E-state index in [1.54, 1.807) is 7.11 Å². The molecule has 0 amide bonds. The third-order valence-corrected chi connectivity index (χ3v) is 4.70. The van der Waals surface area contributed by atoms with Crippen LogP contribution in [0.4, 0.5) is 0 Å². The highest BCUT2D eigenvalue weighted by molar-refractivity contribution is 7.85. The van der Waals surface area contributed by atoms with E-state index in [4.69, 9.17) is 22.7 Å². The van der Waals surface area contributed by atoms with Crippen LogP contribution < -0.4 is 10.5 Å². The summed E-state index contributed by atoms with van der Waals surface area (Å²) >= 11 is 5.04. The average molecular weight is 298 g/mol. The molecule has 0 unspecified atom stereocenters. The van der Waals surface area contributed by atoms with Gasteiger partial charge in [0.1, 0.15) is 10.7 Å². The topological polar surface area (TPSA) is 55.6 Å². The molecule has 0 radical (unpaired) electrons. The Kier molecular flexibility index (Phi) is 4.90. The molecule has 0 saturated carbocycles. The van der Waals surface area contributed by atoms with E-state index < -0.39 is 10.8 Å². The second kappa shape index (κ2) is 6.45. The molecule has 2 rings (SSSR count). The maximum absolute atomic E-state index is 11.3. The first-order valence-corrected chi connectivity index (χ1v) is 8.04. The Hall–Kier alpha value is -0.980. The van der Waals surface area contributed by atoms with E-state index in [-0.39, 0.29) is 0 Å². The van der Waals surface area contributed by atoms with Crippen molar-refractivity contribution in [3.63, 3.8) is 0 Å². The Morgan fingerprint density at radius 3 is 2.74 bits per heavy atom. The van der Waals surface area contributed by atoms with Crippen molar-refractivity contribution in [3.05, 3.63) is 29.3 Å². The van der Waals surface area contributed by atoms with Gasteiger partial charge in [0.25, 0.3) is 0 Å². The summed E-state index contributed by atoms with van der Waals surface area (Å²) in [5.41, 5.74) is 7.63. The van der Waals surface area contributed by atoms with Gasteiger partial charge in [-0.2, -0.15) is 0 Å².